The van der Waals surface area contributed by atoms with Gasteiger partial charge in [-0.25, -0.2) is 4.98 Å². The fourth-order valence-electron chi connectivity index (χ4n) is 3.10. The average Bonchev–Trinajstić information content (AvgIpc) is 3.39. The molecule has 0 radical (unpaired) electrons. The Bertz CT molecular complexity index is 732. The van der Waals surface area contributed by atoms with E-state index in [1.807, 2.05) is 41.3 Å². The number of amides is 1. The number of nitrogens with zero attached hydrogens (tertiary/aromatic N) is 2. The highest BCUT2D eigenvalue weighted by Gasteiger charge is 2.25. The molecule has 0 spiro atoms. The lowest BCUT2D eigenvalue weighted by Gasteiger charge is -2.28. The Kier molecular flexibility index (Phi) is 2.99. The summed E-state index contributed by atoms with van der Waals surface area (Å²) in [5, 5.41) is 1.08. The van der Waals surface area contributed by atoms with E-state index >= 15 is 0 Å². The molecule has 1 saturated carbocycles. The van der Waals surface area contributed by atoms with Gasteiger partial charge >= 0.3 is 0 Å². The van der Waals surface area contributed by atoms with Gasteiger partial charge in [-0.1, -0.05) is 35.4 Å². The van der Waals surface area contributed by atoms with Gasteiger partial charge in [-0.2, -0.15) is 0 Å². The van der Waals surface area contributed by atoms with Crippen LogP contribution in [0.4, 0.5) is 0 Å². The van der Waals surface area contributed by atoms with E-state index in [9.17, 15) is 4.79 Å². The highest BCUT2D eigenvalue weighted by molar-refractivity contribution is 5.95. The molecule has 2 aromatic rings. The molecule has 1 aliphatic carbocycles. The summed E-state index contributed by atoms with van der Waals surface area (Å²) < 4.78 is 0. The third kappa shape index (κ3) is 2.44. The number of likely N-dealkylation sites (tertiary alicyclic amines) is 1. The number of allylic oxidation sites excluding steroid dienone is 1. The summed E-state index contributed by atoms with van der Waals surface area (Å²) in [6.45, 7) is 1.68. The molecule has 2 fully saturated rings. The summed E-state index contributed by atoms with van der Waals surface area (Å²) in [4.78, 5) is 19.0. The van der Waals surface area contributed by atoms with Crippen molar-refractivity contribution in [1.82, 2.24) is 9.88 Å². The number of pyridine rings is 1. The average molecular weight is 278 g/mol. The number of fused-ring (bicyclic) bond motifs is 1. The van der Waals surface area contributed by atoms with Gasteiger partial charge in [0.05, 0.1) is 5.52 Å². The smallest absolute Gasteiger partial charge is 0.272 e. The van der Waals surface area contributed by atoms with Crippen LogP contribution in [0.2, 0.25) is 0 Å². The summed E-state index contributed by atoms with van der Waals surface area (Å²) in [5.74, 6) is 0.0700. The lowest BCUT2D eigenvalue weighted by atomic mass is 10.0. The molecule has 1 aromatic heterocycles. The van der Waals surface area contributed by atoms with Crippen LogP contribution in [0.3, 0.4) is 0 Å². The summed E-state index contributed by atoms with van der Waals surface area (Å²) in [7, 11) is 0. The number of hydrogen-bond donors (Lipinski definition) is 0. The number of hydrogen-bond acceptors (Lipinski definition) is 2. The number of carbonyl (C=O) groups excluding carboxylic acids is 1. The highest BCUT2D eigenvalue weighted by atomic mass is 16.2. The summed E-state index contributed by atoms with van der Waals surface area (Å²) in [6.07, 6.45) is 4.67. The van der Waals surface area contributed by atoms with Crippen LogP contribution >= 0.6 is 0 Å². The minimum absolute atomic E-state index is 0.0700. The maximum Gasteiger partial charge on any atom is 0.272 e. The van der Waals surface area contributed by atoms with Crippen molar-refractivity contribution in [3.05, 3.63) is 53.2 Å². The van der Waals surface area contributed by atoms with Crippen LogP contribution in [0.25, 0.3) is 10.9 Å². The third-order valence-electron chi connectivity index (χ3n) is 4.47. The Morgan fingerprint density at radius 2 is 1.62 bits per heavy atom. The Morgan fingerprint density at radius 1 is 0.905 bits per heavy atom. The van der Waals surface area contributed by atoms with Crippen LogP contribution in [0.1, 0.15) is 36.2 Å². The first-order chi connectivity index (χ1) is 10.3. The monoisotopic (exact) mass is 278 g/mol. The molecule has 3 nitrogen and oxygen atoms in total. The molecule has 0 N–H and O–H groups in total. The quantitative estimate of drug-likeness (QED) is 0.747. The normalized spacial score (nSPS) is 18.2. The molecule has 0 bridgehead atoms. The molecule has 1 amide bonds. The second-order valence-corrected chi connectivity index (χ2v) is 5.89. The Labute approximate surface area is 124 Å². The minimum Gasteiger partial charge on any atom is -0.337 e. The van der Waals surface area contributed by atoms with Crippen LogP contribution in [0.5, 0.6) is 0 Å². The Balaban J connectivity index is 1.54. The molecule has 21 heavy (non-hydrogen) atoms. The van der Waals surface area contributed by atoms with Gasteiger partial charge in [-0.3, -0.25) is 4.79 Å². The van der Waals surface area contributed by atoms with Crippen molar-refractivity contribution in [3.63, 3.8) is 0 Å². The first-order valence-electron chi connectivity index (χ1n) is 7.66. The van der Waals surface area contributed by atoms with E-state index < -0.39 is 0 Å². The van der Waals surface area contributed by atoms with E-state index in [1.165, 1.54) is 12.8 Å². The number of benzene rings is 1. The summed E-state index contributed by atoms with van der Waals surface area (Å²) >= 11 is 0. The molecule has 2 aliphatic rings. The molecule has 4 rings (SSSR count). The van der Waals surface area contributed by atoms with E-state index in [-0.39, 0.29) is 5.91 Å². The van der Waals surface area contributed by atoms with Crippen LogP contribution in [-0.2, 0) is 0 Å². The van der Waals surface area contributed by atoms with Crippen LogP contribution in [0.15, 0.2) is 47.5 Å². The summed E-state index contributed by atoms with van der Waals surface area (Å²) in [5.41, 5.74) is 4.70. The third-order valence-corrected chi connectivity index (χ3v) is 4.47. The van der Waals surface area contributed by atoms with Gasteiger partial charge in [0, 0.05) is 18.5 Å². The molecular weight excluding hydrogens is 260 g/mol. The number of aromatic nitrogens is 1. The van der Waals surface area contributed by atoms with Gasteiger partial charge in [0.2, 0.25) is 0 Å². The number of carbonyl (C=O) groups is 1. The van der Waals surface area contributed by atoms with E-state index in [0.29, 0.717) is 5.69 Å². The van der Waals surface area contributed by atoms with E-state index in [2.05, 4.69) is 4.98 Å². The SMILES string of the molecule is O=C(c1ccc2ccccc2n1)N1CCC(=C2CC2)CC1. The molecule has 0 atom stereocenters. The van der Waals surface area contributed by atoms with Crippen molar-refractivity contribution in [1.29, 1.82) is 0 Å². The molecule has 106 valence electrons. The van der Waals surface area contributed by atoms with Crippen LogP contribution in [0, 0.1) is 0 Å². The van der Waals surface area contributed by atoms with Gasteiger partial charge in [-0.15, -0.1) is 0 Å². The molecule has 1 aromatic carbocycles. The van der Waals surface area contributed by atoms with Crippen molar-refractivity contribution in [2.24, 2.45) is 0 Å². The molecular formula is C18H18N2O. The standard InChI is InChI=1S/C18H18N2O/c21-18(20-11-9-14(10-12-20)13-5-6-13)17-8-7-15-3-1-2-4-16(15)19-17/h1-4,7-8H,5-6,9-12H2. The van der Waals surface area contributed by atoms with E-state index in [1.54, 1.807) is 11.1 Å². The number of piperidine rings is 1. The topological polar surface area (TPSA) is 33.2 Å². The second-order valence-electron chi connectivity index (χ2n) is 5.89. The number of rotatable bonds is 1. The van der Waals surface area contributed by atoms with Crippen molar-refractivity contribution in [2.75, 3.05) is 13.1 Å². The lowest BCUT2D eigenvalue weighted by Crippen LogP contribution is -2.36. The van der Waals surface area contributed by atoms with Gasteiger partial charge in [0.25, 0.3) is 5.91 Å². The second kappa shape index (κ2) is 4.99. The van der Waals surface area contributed by atoms with E-state index in [0.717, 1.165) is 36.8 Å². The fraction of sp³-hybridized carbons (Fsp3) is 0.333. The highest BCUT2D eigenvalue weighted by Crippen LogP contribution is 2.36. The minimum atomic E-state index is 0.0700. The molecule has 2 heterocycles. The van der Waals surface area contributed by atoms with E-state index in [4.69, 9.17) is 0 Å². The van der Waals surface area contributed by atoms with Crippen LogP contribution in [-0.4, -0.2) is 28.9 Å². The summed E-state index contributed by atoms with van der Waals surface area (Å²) in [6, 6.07) is 11.8. The van der Waals surface area contributed by atoms with Crippen molar-refractivity contribution < 1.29 is 4.79 Å². The Hall–Kier alpha value is -2.16. The maximum absolute atomic E-state index is 12.6. The van der Waals surface area contributed by atoms with Gasteiger partial charge in [-0.05, 0) is 37.8 Å². The van der Waals surface area contributed by atoms with Crippen molar-refractivity contribution in [2.45, 2.75) is 25.7 Å². The molecule has 0 unspecified atom stereocenters. The Morgan fingerprint density at radius 3 is 2.38 bits per heavy atom. The maximum atomic E-state index is 12.6. The van der Waals surface area contributed by atoms with Crippen molar-refractivity contribution in [3.8, 4) is 0 Å². The lowest BCUT2D eigenvalue weighted by molar-refractivity contribution is 0.0738. The first-order valence-corrected chi connectivity index (χ1v) is 7.66. The largest absolute Gasteiger partial charge is 0.337 e. The predicted octanol–water partition coefficient (Wildman–Crippen LogP) is 3.56. The molecule has 1 aliphatic heterocycles. The molecule has 1 saturated heterocycles. The fourth-order valence-corrected chi connectivity index (χ4v) is 3.10. The zero-order chi connectivity index (χ0) is 14.2. The number of para-hydroxylation sites is 1. The zero-order valence-electron chi connectivity index (χ0n) is 12.0. The van der Waals surface area contributed by atoms with Crippen LogP contribution < -0.4 is 0 Å². The van der Waals surface area contributed by atoms with Gasteiger partial charge < -0.3 is 4.90 Å². The predicted molar refractivity (Wildman–Crippen MR) is 83.1 cm³/mol. The van der Waals surface area contributed by atoms with Gasteiger partial charge in [0.15, 0.2) is 0 Å². The van der Waals surface area contributed by atoms with Crippen molar-refractivity contribution >= 4 is 16.8 Å². The molecule has 3 heteroatoms. The van der Waals surface area contributed by atoms with Gasteiger partial charge in [0.1, 0.15) is 5.69 Å². The zero-order valence-corrected chi connectivity index (χ0v) is 12.0. The first kappa shape index (κ1) is 12.6.